The van der Waals surface area contributed by atoms with Gasteiger partial charge < -0.3 is 20.1 Å². The number of hydrogen-bond acceptors (Lipinski definition) is 6. The Balaban J connectivity index is 2.06. The van der Waals surface area contributed by atoms with Crippen molar-refractivity contribution in [2.75, 3.05) is 20.3 Å². The van der Waals surface area contributed by atoms with E-state index in [1.165, 1.54) is 13.8 Å². The van der Waals surface area contributed by atoms with Crippen LogP contribution in [-0.2, 0) is 11.3 Å². The largest absolute Gasteiger partial charge is 0.492 e. The van der Waals surface area contributed by atoms with Crippen LogP contribution in [-0.4, -0.2) is 42.7 Å². The summed E-state index contributed by atoms with van der Waals surface area (Å²) in [5.41, 5.74) is 2.11. The van der Waals surface area contributed by atoms with E-state index in [4.69, 9.17) is 9.47 Å². The fraction of sp³-hybridized carbons (Fsp3) is 0.455. The summed E-state index contributed by atoms with van der Waals surface area (Å²) in [4.78, 5) is 8.74. The van der Waals surface area contributed by atoms with Gasteiger partial charge in [-0.15, -0.1) is 0 Å². The minimum Gasteiger partial charge on any atom is -0.492 e. The summed E-state index contributed by atoms with van der Waals surface area (Å²) in [6, 6.07) is 1.98. The molecule has 0 saturated carbocycles. The van der Waals surface area contributed by atoms with Crippen LogP contribution in [0.5, 0.6) is 5.88 Å². The molecule has 1 aromatic heterocycles. The normalized spacial score (nSPS) is 17.8. The van der Waals surface area contributed by atoms with E-state index in [2.05, 4.69) is 27.2 Å². The molecule has 2 rings (SSSR count). The topological polar surface area (TPSA) is 67.8 Å². The second-order valence-electron chi connectivity index (χ2n) is 7.40. The van der Waals surface area contributed by atoms with Crippen LogP contribution in [0.15, 0.2) is 53.6 Å². The molecule has 1 aromatic rings. The molecule has 29 heavy (non-hydrogen) atoms. The van der Waals surface area contributed by atoms with E-state index in [0.29, 0.717) is 30.5 Å². The van der Waals surface area contributed by atoms with Gasteiger partial charge in [0.2, 0.25) is 5.88 Å². The molecule has 7 heteroatoms. The van der Waals surface area contributed by atoms with Gasteiger partial charge in [-0.25, -0.2) is 9.37 Å². The Morgan fingerprint density at radius 2 is 2.17 bits per heavy atom. The molecule has 0 bridgehead atoms. The summed E-state index contributed by atoms with van der Waals surface area (Å²) in [5.74, 6) is 0.993. The Labute approximate surface area is 172 Å². The molecule has 2 heterocycles. The van der Waals surface area contributed by atoms with Crippen molar-refractivity contribution in [2.45, 2.75) is 46.0 Å². The maximum atomic E-state index is 13.6. The van der Waals surface area contributed by atoms with Crippen LogP contribution in [0.25, 0.3) is 0 Å². The van der Waals surface area contributed by atoms with Crippen molar-refractivity contribution < 1.29 is 13.9 Å². The van der Waals surface area contributed by atoms with Crippen molar-refractivity contribution >= 4 is 5.71 Å². The molecule has 158 valence electrons. The average Bonchev–Trinajstić information content (AvgIpc) is 2.66. The second-order valence-corrected chi connectivity index (χ2v) is 7.40. The van der Waals surface area contributed by atoms with Gasteiger partial charge in [-0.1, -0.05) is 6.58 Å². The van der Waals surface area contributed by atoms with Crippen LogP contribution in [0.4, 0.5) is 4.39 Å². The van der Waals surface area contributed by atoms with Crippen LogP contribution >= 0.6 is 0 Å². The number of likely N-dealkylation sites (N-methyl/N-ethyl adjacent to an activating group) is 1. The predicted octanol–water partition coefficient (Wildman–Crippen LogP) is 3.60. The van der Waals surface area contributed by atoms with Gasteiger partial charge in [0.05, 0.1) is 12.6 Å². The first-order chi connectivity index (χ1) is 13.7. The summed E-state index contributed by atoms with van der Waals surface area (Å²) < 4.78 is 24.6. The van der Waals surface area contributed by atoms with Crippen molar-refractivity contribution in [3.05, 3.63) is 59.8 Å². The lowest BCUT2D eigenvalue weighted by Crippen LogP contribution is -2.33. The maximum Gasteiger partial charge on any atom is 0.216 e. The van der Waals surface area contributed by atoms with Gasteiger partial charge in [-0.3, -0.25) is 4.99 Å². The number of allylic oxidation sites excluding steroid dienone is 1. The number of aliphatic imine (C=N–C) groups is 1. The van der Waals surface area contributed by atoms with Crippen LogP contribution in [0.2, 0.25) is 0 Å². The Morgan fingerprint density at radius 1 is 1.41 bits per heavy atom. The van der Waals surface area contributed by atoms with Gasteiger partial charge in [0.15, 0.2) is 0 Å². The van der Waals surface area contributed by atoms with Gasteiger partial charge in [0.25, 0.3) is 0 Å². The molecular weight excluding hydrogens is 371 g/mol. The van der Waals surface area contributed by atoms with E-state index in [1.54, 1.807) is 12.4 Å². The van der Waals surface area contributed by atoms with Crippen molar-refractivity contribution in [2.24, 2.45) is 4.99 Å². The molecule has 0 spiro atoms. The predicted molar refractivity (Wildman–Crippen MR) is 115 cm³/mol. The minimum atomic E-state index is -1.40. The highest BCUT2D eigenvalue weighted by Gasteiger charge is 2.21. The van der Waals surface area contributed by atoms with Gasteiger partial charge in [-0.2, -0.15) is 0 Å². The lowest BCUT2D eigenvalue weighted by molar-refractivity contribution is 0.117. The number of ether oxygens (including phenoxy) is 2. The van der Waals surface area contributed by atoms with Crippen molar-refractivity contribution in [3.63, 3.8) is 0 Å². The van der Waals surface area contributed by atoms with Crippen LogP contribution in [0.1, 0.15) is 31.9 Å². The number of halogens is 1. The zero-order valence-corrected chi connectivity index (χ0v) is 17.9. The third-order valence-corrected chi connectivity index (χ3v) is 4.19. The SMILES string of the molecule is C=C(OCC)C1=NC=CC(NC)/C1=C\NCc1cnc(OCC(C)(C)F)c(C)c1. The summed E-state index contributed by atoms with van der Waals surface area (Å²) >= 11 is 0. The quantitative estimate of drug-likeness (QED) is 0.586. The molecule has 2 N–H and O–H groups in total. The Hall–Kier alpha value is -2.67. The molecule has 0 aliphatic carbocycles. The first-order valence-corrected chi connectivity index (χ1v) is 9.70. The van der Waals surface area contributed by atoms with E-state index in [-0.39, 0.29) is 12.6 Å². The molecular formula is C22H31FN4O2. The highest BCUT2D eigenvalue weighted by molar-refractivity contribution is 6.12. The number of aromatic nitrogens is 1. The number of nitrogens with zero attached hydrogens (tertiary/aromatic N) is 2. The van der Waals surface area contributed by atoms with Gasteiger partial charge in [0, 0.05) is 36.3 Å². The fourth-order valence-electron chi connectivity index (χ4n) is 2.80. The molecule has 0 radical (unpaired) electrons. The summed E-state index contributed by atoms with van der Waals surface area (Å²) in [6.45, 7) is 11.8. The number of pyridine rings is 1. The molecule has 0 aromatic carbocycles. The van der Waals surface area contributed by atoms with Gasteiger partial charge in [0.1, 0.15) is 23.7 Å². The summed E-state index contributed by atoms with van der Waals surface area (Å²) in [7, 11) is 1.89. The zero-order valence-electron chi connectivity index (χ0n) is 17.9. The number of nitrogens with one attached hydrogen (secondary N) is 2. The minimum absolute atomic E-state index is 0.00639. The molecule has 6 nitrogen and oxygen atoms in total. The van der Waals surface area contributed by atoms with E-state index >= 15 is 0 Å². The molecule has 1 atom stereocenters. The number of rotatable bonds is 10. The zero-order chi connectivity index (χ0) is 21.4. The number of aryl methyl sites for hydroxylation is 1. The first kappa shape index (κ1) is 22.6. The highest BCUT2D eigenvalue weighted by atomic mass is 19.1. The molecule has 1 aliphatic rings. The first-order valence-electron chi connectivity index (χ1n) is 9.70. The molecule has 0 amide bonds. The lowest BCUT2D eigenvalue weighted by atomic mass is 9.99. The third-order valence-electron chi connectivity index (χ3n) is 4.19. The Kier molecular flexibility index (Phi) is 7.96. The molecule has 0 saturated heterocycles. The highest BCUT2D eigenvalue weighted by Crippen LogP contribution is 2.19. The van der Waals surface area contributed by atoms with E-state index in [1.807, 2.05) is 39.2 Å². The van der Waals surface area contributed by atoms with Crippen LogP contribution < -0.4 is 15.4 Å². The number of alkyl halides is 1. The fourth-order valence-corrected chi connectivity index (χ4v) is 2.80. The summed E-state index contributed by atoms with van der Waals surface area (Å²) in [5, 5.41) is 6.55. The smallest absolute Gasteiger partial charge is 0.216 e. The molecule has 0 fully saturated rings. The Bertz CT molecular complexity index is 810. The number of hydrogen-bond donors (Lipinski definition) is 2. The van der Waals surface area contributed by atoms with E-state index in [0.717, 1.165) is 16.7 Å². The third kappa shape index (κ3) is 6.71. The maximum absolute atomic E-state index is 13.6. The lowest BCUT2D eigenvalue weighted by Gasteiger charge is -2.22. The molecule has 1 unspecified atom stereocenters. The van der Waals surface area contributed by atoms with Gasteiger partial charge >= 0.3 is 0 Å². The molecule has 1 aliphatic heterocycles. The van der Waals surface area contributed by atoms with Crippen molar-refractivity contribution in [1.82, 2.24) is 15.6 Å². The van der Waals surface area contributed by atoms with E-state index in [9.17, 15) is 4.39 Å². The van der Waals surface area contributed by atoms with Crippen molar-refractivity contribution in [1.29, 1.82) is 0 Å². The van der Waals surface area contributed by atoms with Gasteiger partial charge in [-0.05, 0) is 52.4 Å². The second kappa shape index (κ2) is 10.2. The van der Waals surface area contributed by atoms with Crippen LogP contribution in [0, 0.1) is 6.92 Å². The van der Waals surface area contributed by atoms with Crippen LogP contribution in [0.3, 0.4) is 0 Å². The standard InChI is InChI=1S/C22H31FN4O2/c1-7-28-16(3)20-18(19(24-6)8-9-26-20)13-25-11-17-10-15(2)21(27-12-17)29-14-22(4,5)23/h8-10,12-13,19,24-25H,3,7,11,14H2,1-2,4-6H3/b18-13+. The van der Waals surface area contributed by atoms with Crippen molar-refractivity contribution in [3.8, 4) is 5.88 Å². The Morgan fingerprint density at radius 3 is 2.79 bits per heavy atom. The average molecular weight is 403 g/mol. The van der Waals surface area contributed by atoms with E-state index < -0.39 is 5.67 Å². The monoisotopic (exact) mass is 402 g/mol. The summed E-state index contributed by atoms with van der Waals surface area (Å²) in [6.07, 6.45) is 7.37.